The number of nitrogens with one attached hydrogen (secondary N) is 1. The molecule has 6 heteroatoms. The van der Waals surface area contributed by atoms with Gasteiger partial charge < -0.3 is 21.3 Å². The van der Waals surface area contributed by atoms with E-state index in [1.54, 1.807) is 4.90 Å². The number of carbonyl (C=O) groups is 1. The summed E-state index contributed by atoms with van der Waals surface area (Å²) in [4.78, 5) is 13.9. The highest BCUT2D eigenvalue weighted by atomic mass is 16.3. The lowest BCUT2D eigenvalue weighted by Gasteiger charge is -2.28. The highest BCUT2D eigenvalue weighted by Crippen LogP contribution is 2.19. The molecule has 0 spiro atoms. The molecular weight excluding hydrogens is 234 g/mol. The molecule has 1 amide bonds. The van der Waals surface area contributed by atoms with E-state index in [0.717, 1.165) is 0 Å². The van der Waals surface area contributed by atoms with Gasteiger partial charge in [0.1, 0.15) is 0 Å². The molecule has 5 N–H and O–H groups in total. The Morgan fingerprint density at radius 1 is 1.56 bits per heavy atom. The molecule has 1 aliphatic rings. The lowest BCUT2D eigenvalue weighted by Crippen LogP contribution is -2.51. The minimum atomic E-state index is -0.666. The average Bonchev–Trinajstić information content (AvgIpc) is 2.56. The van der Waals surface area contributed by atoms with E-state index in [9.17, 15) is 15.0 Å². The monoisotopic (exact) mass is 259 g/mol. The van der Waals surface area contributed by atoms with E-state index in [2.05, 4.69) is 5.32 Å². The number of carbonyl (C=O) groups excluding carboxylic acids is 1. The van der Waals surface area contributed by atoms with Crippen LogP contribution in [0.1, 0.15) is 27.2 Å². The van der Waals surface area contributed by atoms with Crippen molar-refractivity contribution in [1.82, 2.24) is 10.2 Å². The Morgan fingerprint density at radius 2 is 2.17 bits per heavy atom. The SMILES string of the molecule is CC(C)(C)NC(=O)[C@@H]1C[C@@H](O)CN1CC(O)CN. The smallest absolute Gasteiger partial charge is 0.237 e. The Bertz CT molecular complexity index is 291. The number of β-amino-alcohol motifs (C(OH)–C–C–N with tert-alkyl or cyclic N) is 2. The number of amides is 1. The Hall–Kier alpha value is -0.690. The average molecular weight is 259 g/mol. The van der Waals surface area contributed by atoms with Crippen LogP contribution in [0.2, 0.25) is 0 Å². The summed E-state index contributed by atoms with van der Waals surface area (Å²) in [5.41, 5.74) is 5.07. The van der Waals surface area contributed by atoms with Gasteiger partial charge in [-0.25, -0.2) is 0 Å². The van der Waals surface area contributed by atoms with E-state index in [0.29, 0.717) is 19.5 Å². The summed E-state index contributed by atoms with van der Waals surface area (Å²) in [6.45, 7) is 6.61. The fourth-order valence-electron chi connectivity index (χ4n) is 2.15. The normalized spacial score (nSPS) is 27.2. The summed E-state index contributed by atoms with van der Waals surface area (Å²) in [6.07, 6.45) is -0.787. The standard InChI is InChI=1S/C12H25N3O3/c1-12(2,3)14-11(18)10-4-8(16)6-15(10)7-9(17)5-13/h8-10,16-17H,4-7,13H2,1-3H3,(H,14,18)/t8-,9?,10+/m1/s1. The third kappa shape index (κ3) is 4.53. The minimum Gasteiger partial charge on any atom is -0.392 e. The number of rotatable bonds is 4. The molecule has 0 bridgehead atoms. The number of nitrogens with two attached hydrogens (primary N) is 1. The van der Waals surface area contributed by atoms with Crippen LogP contribution in [0.15, 0.2) is 0 Å². The number of likely N-dealkylation sites (tertiary alicyclic amines) is 1. The van der Waals surface area contributed by atoms with Crippen molar-refractivity contribution < 1.29 is 15.0 Å². The summed E-state index contributed by atoms with van der Waals surface area (Å²) < 4.78 is 0. The first-order chi connectivity index (χ1) is 8.23. The highest BCUT2D eigenvalue weighted by molar-refractivity contribution is 5.82. The van der Waals surface area contributed by atoms with Crippen LogP contribution >= 0.6 is 0 Å². The molecule has 1 saturated heterocycles. The zero-order valence-corrected chi connectivity index (χ0v) is 11.4. The molecule has 6 nitrogen and oxygen atoms in total. The van der Waals surface area contributed by atoms with Crippen LogP contribution in [0.5, 0.6) is 0 Å². The number of hydrogen-bond acceptors (Lipinski definition) is 5. The highest BCUT2D eigenvalue weighted by Gasteiger charge is 2.37. The summed E-state index contributed by atoms with van der Waals surface area (Å²) in [5.74, 6) is -0.108. The van der Waals surface area contributed by atoms with Gasteiger partial charge in [-0.2, -0.15) is 0 Å². The molecule has 3 atom stereocenters. The van der Waals surface area contributed by atoms with Crippen LogP contribution in [0.25, 0.3) is 0 Å². The maximum absolute atomic E-state index is 12.1. The van der Waals surface area contributed by atoms with Gasteiger partial charge in [0.25, 0.3) is 0 Å². The molecule has 0 aromatic rings. The molecule has 106 valence electrons. The largest absolute Gasteiger partial charge is 0.392 e. The van der Waals surface area contributed by atoms with E-state index in [4.69, 9.17) is 5.73 Å². The third-order valence-corrected chi connectivity index (χ3v) is 2.90. The quantitative estimate of drug-likeness (QED) is 0.501. The number of aliphatic hydroxyl groups is 2. The van der Waals surface area contributed by atoms with Gasteiger partial charge in [0, 0.05) is 25.2 Å². The van der Waals surface area contributed by atoms with Crippen molar-refractivity contribution in [3.05, 3.63) is 0 Å². The van der Waals surface area contributed by atoms with Gasteiger partial charge in [-0.1, -0.05) is 0 Å². The fraction of sp³-hybridized carbons (Fsp3) is 0.917. The molecule has 0 saturated carbocycles. The van der Waals surface area contributed by atoms with E-state index in [-0.39, 0.29) is 24.0 Å². The molecule has 1 aliphatic heterocycles. The molecule has 18 heavy (non-hydrogen) atoms. The molecule has 0 aliphatic carbocycles. The van der Waals surface area contributed by atoms with Crippen LogP contribution in [0.3, 0.4) is 0 Å². The number of nitrogens with zero attached hydrogens (tertiary/aromatic N) is 1. The van der Waals surface area contributed by atoms with Gasteiger partial charge in [-0.15, -0.1) is 0 Å². The van der Waals surface area contributed by atoms with Crippen molar-refractivity contribution in [3.8, 4) is 0 Å². The maximum atomic E-state index is 12.1. The Kier molecular flexibility index (Phi) is 5.10. The van der Waals surface area contributed by atoms with Gasteiger partial charge >= 0.3 is 0 Å². The minimum absolute atomic E-state index is 0.108. The molecule has 1 heterocycles. The molecule has 0 radical (unpaired) electrons. The predicted octanol–water partition coefficient (Wildman–Crippen LogP) is -1.34. The van der Waals surface area contributed by atoms with Crippen LogP contribution < -0.4 is 11.1 Å². The second-order valence-corrected chi connectivity index (χ2v) is 5.99. The van der Waals surface area contributed by atoms with Crippen LogP contribution in [0, 0.1) is 0 Å². The van der Waals surface area contributed by atoms with E-state index >= 15 is 0 Å². The molecule has 0 aromatic carbocycles. The second-order valence-electron chi connectivity index (χ2n) is 5.99. The summed E-state index contributed by atoms with van der Waals surface area (Å²) in [6, 6.07) is -0.388. The first kappa shape index (κ1) is 15.4. The lowest BCUT2D eigenvalue weighted by atomic mass is 10.1. The third-order valence-electron chi connectivity index (χ3n) is 2.90. The topological polar surface area (TPSA) is 98.8 Å². The van der Waals surface area contributed by atoms with Crippen molar-refractivity contribution in [2.24, 2.45) is 5.73 Å². The van der Waals surface area contributed by atoms with E-state index < -0.39 is 12.2 Å². The molecule has 1 unspecified atom stereocenters. The lowest BCUT2D eigenvalue weighted by molar-refractivity contribution is -0.127. The van der Waals surface area contributed by atoms with Crippen molar-refractivity contribution in [3.63, 3.8) is 0 Å². The van der Waals surface area contributed by atoms with Gasteiger partial charge in [-0.3, -0.25) is 9.69 Å². The van der Waals surface area contributed by atoms with E-state index in [1.165, 1.54) is 0 Å². The summed E-state index contributed by atoms with van der Waals surface area (Å²) in [7, 11) is 0. The zero-order valence-electron chi connectivity index (χ0n) is 11.4. The zero-order chi connectivity index (χ0) is 13.9. The number of hydrogen-bond donors (Lipinski definition) is 4. The Morgan fingerprint density at radius 3 is 2.67 bits per heavy atom. The van der Waals surface area contributed by atoms with Crippen molar-refractivity contribution in [2.45, 2.75) is 51.0 Å². The van der Waals surface area contributed by atoms with E-state index in [1.807, 2.05) is 20.8 Å². The van der Waals surface area contributed by atoms with Crippen molar-refractivity contribution >= 4 is 5.91 Å². The van der Waals surface area contributed by atoms with Gasteiger partial charge in [0.05, 0.1) is 18.2 Å². The fourth-order valence-corrected chi connectivity index (χ4v) is 2.15. The maximum Gasteiger partial charge on any atom is 0.237 e. The predicted molar refractivity (Wildman–Crippen MR) is 68.9 cm³/mol. The van der Waals surface area contributed by atoms with Crippen LogP contribution in [-0.2, 0) is 4.79 Å². The molecule has 0 aromatic heterocycles. The molecular formula is C12H25N3O3. The summed E-state index contributed by atoms with van der Waals surface area (Å²) in [5, 5.41) is 22.1. The number of aliphatic hydroxyl groups excluding tert-OH is 2. The van der Waals surface area contributed by atoms with Crippen LogP contribution in [-0.4, -0.2) is 64.4 Å². The molecule has 1 fully saturated rings. The Balaban J connectivity index is 2.63. The van der Waals surface area contributed by atoms with Gasteiger partial charge in [-0.05, 0) is 27.2 Å². The summed E-state index contributed by atoms with van der Waals surface area (Å²) >= 11 is 0. The molecule has 1 rings (SSSR count). The van der Waals surface area contributed by atoms with Gasteiger partial charge in [0.2, 0.25) is 5.91 Å². The van der Waals surface area contributed by atoms with Crippen molar-refractivity contribution in [2.75, 3.05) is 19.6 Å². The van der Waals surface area contributed by atoms with Crippen LogP contribution in [0.4, 0.5) is 0 Å². The second kappa shape index (κ2) is 5.97. The van der Waals surface area contributed by atoms with Crippen molar-refractivity contribution in [1.29, 1.82) is 0 Å². The van der Waals surface area contributed by atoms with Gasteiger partial charge in [0.15, 0.2) is 0 Å². The first-order valence-electron chi connectivity index (χ1n) is 6.35. The first-order valence-corrected chi connectivity index (χ1v) is 6.35. The Labute approximate surface area is 108 Å².